The zero-order valence-corrected chi connectivity index (χ0v) is 25.3. The number of phenols is 1. The predicted molar refractivity (Wildman–Crippen MR) is 163 cm³/mol. The summed E-state index contributed by atoms with van der Waals surface area (Å²) in [5.41, 5.74) is 5.98. The van der Waals surface area contributed by atoms with Crippen LogP contribution in [-0.4, -0.2) is 44.3 Å². The number of halogens is 4. The van der Waals surface area contributed by atoms with Crippen molar-refractivity contribution in [2.75, 3.05) is 24.6 Å². The molecular formula is C33H45F4NO3S. The molecular weight excluding hydrogens is 566 g/mol. The van der Waals surface area contributed by atoms with Crippen molar-refractivity contribution in [2.24, 2.45) is 0 Å². The summed E-state index contributed by atoms with van der Waals surface area (Å²) in [7, 11) is -3.20. The fraction of sp³-hybridized carbons (Fsp3) is 0.576. The number of benzene rings is 2. The highest BCUT2D eigenvalue weighted by molar-refractivity contribution is 7.91. The maximum atomic E-state index is 13.6. The second kappa shape index (κ2) is 17.0. The number of alkyl halides is 3. The lowest BCUT2D eigenvalue weighted by Crippen LogP contribution is -2.18. The number of phenolic OH excluding ortho intramolecular Hbond substituents is 1. The van der Waals surface area contributed by atoms with Crippen LogP contribution in [0.2, 0.25) is 0 Å². The van der Waals surface area contributed by atoms with Crippen LogP contribution in [0.5, 0.6) is 5.75 Å². The summed E-state index contributed by atoms with van der Waals surface area (Å²) in [5.74, 6) is 0.0989. The molecule has 2 N–H and O–H groups in total. The lowest BCUT2D eigenvalue weighted by Gasteiger charge is -2.16. The van der Waals surface area contributed by atoms with Gasteiger partial charge in [-0.15, -0.1) is 0 Å². The van der Waals surface area contributed by atoms with E-state index in [1.807, 2.05) is 24.3 Å². The van der Waals surface area contributed by atoms with E-state index in [0.717, 1.165) is 76.4 Å². The Morgan fingerprint density at radius 1 is 0.786 bits per heavy atom. The summed E-state index contributed by atoms with van der Waals surface area (Å²) in [6.07, 6.45) is 4.80. The van der Waals surface area contributed by atoms with Gasteiger partial charge in [-0.2, -0.15) is 13.2 Å². The summed E-state index contributed by atoms with van der Waals surface area (Å²) in [5, 5.41) is 13.4. The molecule has 0 bridgehead atoms. The van der Waals surface area contributed by atoms with Gasteiger partial charge >= 0.3 is 6.18 Å². The molecule has 0 unspecified atom stereocenters. The van der Waals surface area contributed by atoms with Crippen molar-refractivity contribution in [3.05, 3.63) is 65.0 Å². The van der Waals surface area contributed by atoms with E-state index in [1.165, 1.54) is 34.4 Å². The molecule has 1 aliphatic rings. The Kier molecular flexibility index (Phi) is 13.8. The van der Waals surface area contributed by atoms with Gasteiger partial charge in [-0.1, -0.05) is 37.5 Å². The van der Waals surface area contributed by atoms with E-state index in [2.05, 4.69) is 5.32 Å². The molecule has 0 heterocycles. The van der Waals surface area contributed by atoms with Gasteiger partial charge < -0.3 is 10.4 Å². The smallest absolute Gasteiger partial charge is 0.389 e. The number of hydrogen-bond acceptors (Lipinski definition) is 4. The molecule has 2 aromatic carbocycles. The van der Waals surface area contributed by atoms with Crippen LogP contribution in [0.25, 0.3) is 11.1 Å². The molecule has 0 radical (unpaired) electrons. The first-order valence-corrected chi connectivity index (χ1v) is 17.1. The Balaban J connectivity index is 1.33. The van der Waals surface area contributed by atoms with E-state index in [-0.39, 0.29) is 42.3 Å². The quantitative estimate of drug-likeness (QED) is 0.131. The van der Waals surface area contributed by atoms with Gasteiger partial charge in [0, 0.05) is 6.42 Å². The van der Waals surface area contributed by atoms with E-state index >= 15 is 0 Å². The average Bonchev–Trinajstić information content (AvgIpc) is 3.10. The lowest BCUT2D eigenvalue weighted by atomic mass is 9.89. The number of allylic oxidation sites excluding steroid dienone is 2. The van der Waals surface area contributed by atoms with Crippen LogP contribution in [-0.2, 0) is 16.3 Å². The molecule has 0 atom stereocenters. The standard InChI is InChI=1S/C33H45F4NO3S/c34-28-16-14-26(15-17-28)30-13-10-11-27-25-29(39)18-19-31(27)32(30)12-4-1-2-6-21-38-22-7-9-24-42(40,41)23-8-3-5-20-33(35,36)37/h14-19,25,38-39H,1-13,20-24H2. The van der Waals surface area contributed by atoms with Gasteiger partial charge in [0.1, 0.15) is 21.4 Å². The number of aromatic hydroxyl groups is 1. The Hall–Kier alpha value is -2.39. The van der Waals surface area contributed by atoms with Gasteiger partial charge in [0.15, 0.2) is 0 Å². The first-order chi connectivity index (χ1) is 20.0. The van der Waals surface area contributed by atoms with Gasteiger partial charge in [-0.05, 0) is 129 Å². The number of unbranched alkanes of at least 4 members (excludes halogenated alkanes) is 6. The molecule has 4 nitrogen and oxygen atoms in total. The van der Waals surface area contributed by atoms with Crippen molar-refractivity contribution in [2.45, 2.75) is 96.1 Å². The molecule has 0 aromatic heterocycles. The number of fused-ring (bicyclic) bond motifs is 1. The van der Waals surface area contributed by atoms with Crippen LogP contribution in [0.3, 0.4) is 0 Å². The first kappa shape index (κ1) is 34.1. The minimum Gasteiger partial charge on any atom is -0.508 e. The minimum atomic E-state index is -4.17. The summed E-state index contributed by atoms with van der Waals surface area (Å²) in [4.78, 5) is 0. The van der Waals surface area contributed by atoms with Crippen LogP contribution in [0.4, 0.5) is 17.6 Å². The summed E-state index contributed by atoms with van der Waals surface area (Å²) < 4.78 is 74.2. The van der Waals surface area contributed by atoms with Crippen molar-refractivity contribution in [3.63, 3.8) is 0 Å². The van der Waals surface area contributed by atoms with E-state index in [1.54, 1.807) is 6.07 Å². The molecule has 0 amide bonds. The molecule has 3 rings (SSSR count). The Morgan fingerprint density at radius 2 is 1.43 bits per heavy atom. The summed E-state index contributed by atoms with van der Waals surface area (Å²) >= 11 is 0. The highest BCUT2D eigenvalue weighted by atomic mass is 32.2. The minimum absolute atomic E-state index is 0.0167. The third kappa shape index (κ3) is 12.5. The number of nitrogens with one attached hydrogen (secondary N) is 1. The molecule has 0 saturated carbocycles. The maximum absolute atomic E-state index is 13.6. The van der Waals surface area contributed by atoms with Crippen molar-refractivity contribution in [1.82, 2.24) is 5.32 Å². The number of rotatable bonds is 18. The van der Waals surface area contributed by atoms with Gasteiger partial charge in [0.2, 0.25) is 0 Å². The molecule has 9 heteroatoms. The van der Waals surface area contributed by atoms with Crippen LogP contribution >= 0.6 is 0 Å². The molecule has 0 fully saturated rings. The summed E-state index contributed by atoms with van der Waals surface area (Å²) in [6, 6.07) is 12.4. The van der Waals surface area contributed by atoms with Crippen molar-refractivity contribution >= 4 is 21.0 Å². The molecule has 1 aliphatic carbocycles. The summed E-state index contributed by atoms with van der Waals surface area (Å²) in [6.45, 7) is 1.62. The van der Waals surface area contributed by atoms with Crippen LogP contribution < -0.4 is 5.32 Å². The largest absolute Gasteiger partial charge is 0.508 e. The molecule has 234 valence electrons. The first-order valence-electron chi connectivity index (χ1n) is 15.3. The van der Waals surface area contributed by atoms with Crippen molar-refractivity contribution in [1.29, 1.82) is 0 Å². The highest BCUT2D eigenvalue weighted by Crippen LogP contribution is 2.39. The maximum Gasteiger partial charge on any atom is 0.389 e. The predicted octanol–water partition coefficient (Wildman–Crippen LogP) is 8.64. The lowest BCUT2D eigenvalue weighted by molar-refractivity contribution is -0.135. The number of aryl methyl sites for hydroxylation is 1. The van der Waals surface area contributed by atoms with Crippen LogP contribution in [0.1, 0.15) is 100 Å². The third-order valence-electron chi connectivity index (χ3n) is 7.85. The fourth-order valence-electron chi connectivity index (χ4n) is 5.63. The Bertz CT molecular complexity index is 1240. The van der Waals surface area contributed by atoms with E-state index in [0.29, 0.717) is 6.42 Å². The third-order valence-corrected chi connectivity index (χ3v) is 9.67. The van der Waals surface area contributed by atoms with Crippen LogP contribution in [0, 0.1) is 5.82 Å². The zero-order chi connectivity index (χ0) is 30.4. The van der Waals surface area contributed by atoms with E-state index in [9.17, 15) is 31.1 Å². The fourth-order valence-corrected chi connectivity index (χ4v) is 7.13. The SMILES string of the molecule is O=S(=O)(CCCCCC(F)(F)F)CCCCNCCCCCCC1=C(c2ccc(F)cc2)CCCc2cc(O)ccc21. The molecule has 42 heavy (non-hydrogen) atoms. The second-order valence-electron chi connectivity index (χ2n) is 11.4. The van der Waals surface area contributed by atoms with Gasteiger partial charge in [-0.25, -0.2) is 12.8 Å². The highest BCUT2D eigenvalue weighted by Gasteiger charge is 2.26. The van der Waals surface area contributed by atoms with Crippen molar-refractivity contribution < 1.29 is 31.1 Å². The average molecular weight is 612 g/mol. The van der Waals surface area contributed by atoms with E-state index in [4.69, 9.17) is 0 Å². The molecule has 0 aliphatic heterocycles. The normalized spacial score (nSPS) is 14.2. The van der Waals surface area contributed by atoms with Crippen molar-refractivity contribution in [3.8, 4) is 5.75 Å². The van der Waals surface area contributed by atoms with Gasteiger partial charge in [-0.3, -0.25) is 0 Å². The molecule has 0 saturated heterocycles. The monoisotopic (exact) mass is 611 g/mol. The van der Waals surface area contributed by atoms with Gasteiger partial charge in [0.05, 0.1) is 11.5 Å². The Morgan fingerprint density at radius 3 is 2.14 bits per heavy atom. The Labute approximate surface area is 248 Å². The number of hydrogen-bond donors (Lipinski definition) is 2. The second-order valence-corrected chi connectivity index (χ2v) is 13.7. The molecule has 0 spiro atoms. The van der Waals surface area contributed by atoms with E-state index < -0.39 is 22.4 Å². The van der Waals surface area contributed by atoms with Gasteiger partial charge in [0.25, 0.3) is 0 Å². The van der Waals surface area contributed by atoms with Crippen LogP contribution in [0.15, 0.2) is 42.5 Å². The zero-order valence-electron chi connectivity index (χ0n) is 24.5. The topological polar surface area (TPSA) is 66.4 Å². The number of sulfone groups is 1. The molecule has 2 aromatic rings.